The fourth-order valence-electron chi connectivity index (χ4n) is 1.77. The highest BCUT2D eigenvalue weighted by Gasteiger charge is 2.26. The van der Waals surface area contributed by atoms with Gasteiger partial charge >= 0.3 is 11.9 Å². The number of aliphatic hydroxyl groups excluding tert-OH is 1. The molecular formula is C14H24N4O8S. The van der Waals surface area contributed by atoms with Gasteiger partial charge in [-0.25, -0.2) is 4.79 Å². The van der Waals surface area contributed by atoms with Crippen molar-refractivity contribution in [2.24, 2.45) is 5.73 Å². The van der Waals surface area contributed by atoms with Gasteiger partial charge in [0.15, 0.2) is 0 Å². The highest BCUT2D eigenvalue weighted by atomic mass is 32.2. The van der Waals surface area contributed by atoms with Crippen LogP contribution in [0.5, 0.6) is 0 Å². The Morgan fingerprint density at radius 3 is 2.15 bits per heavy atom. The average molecular weight is 408 g/mol. The van der Waals surface area contributed by atoms with Crippen molar-refractivity contribution < 1.29 is 39.3 Å². The molecule has 0 rings (SSSR count). The van der Waals surface area contributed by atoms with E-state index in [1.165, 1.54) is 11.8 Å². The molecule has 13 heteroatoms. The fourth-order valence-corrected chi connectivity index (χ4v) is 2.25. The maximum absolute atomic E-state index is 12.0. The van der Waals surface area contributed by atoms with Crippen LogP contribution in [0.1, 0.15) is 12.8 Å². The Morgan fingerprint density at radius 1 is 1.04 bits per heavy atom. The van der Waals surface area contributed by atoms with Gasteiger partial charge < -0.3 is 37.0 Å². The number of carboxylic acid groups (broad SMARTS) is 2. The Bertz CT molecular complexity index is 559. The molecule has 3 atom stereocenters. The number of rotatable bonds is 13. The number of nitrogens with one attached hydrogen (secondary N) is 3. The summed E-state index contributed by atoms with van der Waals surface area (Å²) < 4.78 is 0. The molecule has 0 radical (unpaired) electrons. The predicted molar refractivity (Wildman–Crippen MR) is 94.8 cm³/mol. The highest BCUT2D eigenvalue weighted by Crippen LogP contribution is 2.01. The lowest BCUT2D eigenvalue weighted by atomic mass is 10.1. The third kappa shape index (κ3) is 10.4. The molecule has 3 amide bonds. The summed E-state index contributed by atoms with van der Waals surface area (Å²) in [6.45, 7) is -1.32. The Kier molecular flexibility index (Phi) is 11.8. The SMILES string of the molecule is CSCCC(NC(=O)CNC(=O)C(CC(=O)O)NC(=O)C(N)CO)C(=O)O. The Balaban J connectivity index is 4.73. The van der Waals surface area contributed by atoms with E-state index in [4.69, 9.17) is 21.1 Å². The molecule has 154 valence electrons. The molecule has 0 aromatic rings. The maximum atomic E-state index is 12.0. The van der Waals surface area contributed by atoms with Crippen LogP contribution in [0.15, 0.2) is 0 Å². The molecule has 0 bridgehead atoms. The van der Waals surface area contributed by atoms with Crippen LogP contribution in [-0.2, 0) is 24.0 Å². The van der Waals surface area contributed by atoms with Crippen LogP contribution < -0.4 is 21.7 Å². The number of aliphatic hydroxyl groups is 1. The first kappa shape index (κ1) is 24.6. The van der Waals surface area contributed by atoms with Crippen molar-refractivity contribution >= 4 is 41.4 Å². The second kappa shape index (κ2) is 12.9. The summed E-state index contributed by atoms with van der Waals surface area (Å²) in [5.41, 5.74) is 5.28. The largest absolute Gasteiger partial charge is 0.481 e. The zero-order valence-corrected chi connectivity index (χ0v) is 15.5. The number of hydrogen-bond donors (Lipinski definition) is 7. The van der Waals surface area contributed by atoms with E-state index in [1.54, 1.807) is 6.26 Å². The van der Waals surface area contributed by atoms with Gasteiger partial charge in [0.1, 0.15) is 18.1 Å². The molecule has 0 spiro atoms. The smallest absolute Gasteiger partial charge is 0.326 e. The van der Waals surface area contributed by atoms with Crippen molar-refractivity contribution in [3.8, 4) is 0 Å². The molecule has 0 aliphatic heterocycles. The third-order valence-corrected chi connectivity index (χ3v) is 3.86. The molecule has 0 aromatic carbocycles. The minimum atomic E-state index is -1.52. The monoisotopic (exact) mass is 408 g/mol. The van der Waals surface area contributed by atoms with Crippen LogP contribution in [0.4, 0.5) is 0 Å². The van der Waals surface area contributed by atoms with Crippen LogP contribution >= 0.6 is 11.8 Å². The van der Waals surface area contributed by atoms with Gasteiger partial charge in [0, 0.05) is 0 Å². The minimum Gasteiger partial charge on any atom is -0.481 e. The predicted octanol–water partition coefficient (Wildman–Crippen LogP) is -3.30. The number of amides is 3. The lowest BCUT2D eigenvalue weighted by Gasteiger charge is -2.19. The quantitative estimate of drug-likeness (QED) is 0.161. The number of carbonyl (C=O) groups is 5. The van der Waals surface area contributed by atoms with E-state index in [1.807, 2.05) is 0 Å². The molecular weight excluding hydrogens is 384 g/mol. The molecule has 27 heavy (non-hydrogen) atoms. The lowest BCUT2D eigenvalue weighted by Crippen LogP contribution is -2.54. The summed E-state index contributed by atoms with van der Waals surface area (Å²) >= 11 is 1.40. The molecule has 0 heterocycles. The van der Waals surface area contributed by atoms with E-state index < -0.39 is 67.4 Å². The maximum Gasteiger partial charge on any atom is 0.326 e. The van der Waals surface area contributed by atoms with E-state index in [9.17, 15) is 24.0 Å². The summed E-state index contributed by atoms with van der Waals surface area (Å²) in [4.78, 5) is 57.3. The average Bonchev–Trinajstić information content (AvgIpc) is 2.60. The van der Waals surface area contributed by atoms with E-state index in [0.717, 1.165) is 0 Å². The number of carbonyl (C=O) groups excluding carboxylic acids is 3. The second-order valence-corrected chi connectivity index (χ2v) is 6.39. The molecule has 8 N–H and O–H groups in total. The molecule has 0 fully saturated rings. The minimum absolute atomic E-state index is 0.187. The van der Waals surface area contributed by atoms with Crippen LogP contribution in [0.25, 0.3) is 0 Å². The van der Waals surface area contributed by atoms with Crippen molar-refractivity contribution in [2.75, 3.05) is 25.2 Å². The van der Waals surface area contributed by atoms with Crippen LogP contribution in [0.3, 0.4) is 0 Å². The van der Waals surface area contributed by atoms with Crippen LogP contribution in [0.2, 0.25) is 0 Å². The van der Waals surface area contributed by atoms with Crippen LogP contribution in [-0.4, -0.2) is 88.3 Å². The summed E-state index contributed by atoms with van der Waals surface area (Å²) in [6, 6.07) is -3.99. The molecule has 0 aromatic heterocycles. The van der Waals surface area contributed by atoms with Gasteiger partial charge in [0.2, 0.25) is 17.7 Å². The summed E-state index contributed by atoms with van der Waals surface area (Å²) in [7, 11) is 0. The lowest BCUT2D eigenvalue weighted by molar-refractivity contribution is -0.142. The Labute approximate surface area is 159 Å². The van der Waals surface area contributed by atoms with Gasteiger partial charge in [0.25, 0.3) is 0 Å². The van der Waals surface area contributed by atoms with E-state index in [2.05, 4.69) is 16.0 Å². The highest BCUT2D eigenvalue weighted by molar-refractivity contribution is 7.98. The normalized spacial score (nSPS) is 13.7. The number of hydrogen-bond acceptors (Lipinski definition) is 8. The number of carboxylic acids is 2. The number of nitrogens with two attached hydrogens (primary N) is 1. The molecule has 0 aliphatic rings. The topological polar surface area (TPSA) is 208 Å². The fraction of sp³-hybridized carbons (Fsp3) is 0.643. The van der Waals surface area contributed by atoms with Gasteiger partial charge in [-0.3, -0.25) is 19.2 Å². The van der Waals surface area contributed by atoms with Crippen molar-refractivity contribution in [2.45, 2.75) is 31.0 Å². The Morgan fingerprint density at radius 2 is 1.67 bits per heavy atom. The van der Waals surface area contributed by atoms with Crippen LogP contribution in [0, 0.1) is 0 Å². The Hall–Kier alpha value is -2.38. The van der Waals surface area contributed by atoms with Gasteiger partial charge in [-0.05, 0) is 18.4 Å². The first-order valence-corrected chi connectivity index (χ1v) is 9.19. The van der Waals surface area contributed by atoms with Crippen molar-refractivity contribution in [1.29, 1.82) is 0 Å². The molecule has 12 nitrogen and oxygen atoms in total. The number of aliphatic carboxylic acids is 2. The van der Waals surface area contributed by atoms with E-state index in [-0.39, 0.29) is 6.42 Å². The zero-order chi connectivity index (χ0) is 21.0. The summed E-state index contributed by atoms with van der Waals surface area (Å²) in [6.07, 6.45) is 1.19. The van der Waals surface area contributed by atoms with E-state index in [0.29, 0.717) is 5.75 Å². The van der Waals surface area contributed by atoms with Crippen molar-refractivity contribution in [3.05, 3.63) is 0 Å². The second-order valence-electron chi connectivity index (χ2n) is 5.41. The zero-order valence-electron chi connectivity index (χ0n) is 14.6. The van der Waals surface area contributed by atoms with Gasteiger partial charge in [-0.15, -0.1) is 0 Å². The first-order chi connectivity index (χ1) is 12.6. The summed E-state index contributed by atoms with van der Waals surface area (Å²) in [5, 5.41) is 33.1. The van der Waals surface area contributed by atoms with Gasteiger partial charge in [-0.2, -0.15) is 11.8 Å². The molecule has 0 saturated carbocycles. The molecule has 0 saturated heterocycles. The van der Waals surface area contributed by atoms with Gasteiger partial charge in [0.05, 0.1) is 19.6 Å². The van der Waals surface area contributed by atoms with E-state index >= 15 is 0 Å². The standard InChI is InChI=1S/C14H24N4O8S/c1-27-3-2-8(14(25)26)17-10(20)5-16-13(24)9(4-11(21)22)18-12(23)7(15)6-19/h7-9,19H,2-6,15H2,1H3,(H,16,24)(H,17,20)(H,18,23)(H,21,22)(H,25,26). The third-order valence-electron chi connectivity index (χ3n) is 3.21. The number of thioether (sulfide) groups is 1. The van der Waals surface area contributed by atoms with Crippen molar-refractivity contribution in [1.82, 2.24) is 16.0 Å². The molecule has 0 aliphatic carbocycles. The molecule has 3 unspecified atom stereocenters. The summed E-state index contributed by atoms with van der Waals surface area (Å²) in [5.74, 6) is -4.81. The first-order valence-electron chi connectivity index (χ1n) is 7.79. The van der Waals surface area contributed by atoms with Crippen molar-refractivity contribution in [3.63, 3.8) is 0 Å². The van der Waals surface area contributed by atoms with Gasteiger partial charge in [-0.1, -0.05) is 0 Å².